The van der Waals surface area contributed by atoms with Crippen LogP contribution < -0.4 is 11.1 Å². The summed E-state index contributed by atoms with van der Waals surface area (Å²) in [4.78, 5) is 18.2. The maximum absolute atomic E-state index is 13.3. The number of fused-ring (bicyclic) bond motifs is 1. The van der Waals surface area contributed by atoms with Crippen LogP contribution in [0, 0.1) is 6.92 Å². The van der Waals surface area contributed by atoms with Crippen LogP contribution in [-0.2, 0) is 5.54 Å². The molecule has 0 saturated heterocycles. The van der Waals surface area contributed by atoms with E-state index >= 15 is 0 Å². The van der Waals surface area contributed by atoms with Gasteiger partial charge in [0, 0.05) is 18.2 Å². The first-order chi connectivity index (χ1) is 12.7. The number of carbonyl (C=O) groups is 1. The molecule has 1 aliphatic carbocycles. The Labute approximate surface area is 161 Å². The normalized spacial score (nSPS) is 15.4. The van der Waals surface area contributed by atoms with Crippen molar-refractivity contribution in [2.45, 2.75) is 84.2 Å². The van der Waals surface area contributed by atoms with E-state index in [0.29, 0.717) is 18.0 Å². The molecular formula is C21H33N5O. The van der Waals surface area contributed by atoms with Crippen LogP contribution in [0.5, 0.6) is 0 Å². The van der Waals surface area contributed by atoms with Gasteiger partial charge in [-0.3, -0.25) is 4.79 Å². The molecular weight excluding hydrogens is 338 g/mol. The van der Waals surface area contributed by atoms with Crippen LogP contribution in [0.15, 0.2) is 6.07 Å². The van der Waals surface area contributed by atoms with Crippen LogP contribution in [-0.4, -0.2) is 32.8 Å². The van der Waals surface area contributed by atoms with Gasteiger partial charge in [-0.25, -0.2) is 9.67 Å². The first-order valence-electron chi connectivity index (χ1n) is 10.1. The lowest BCUT2D eigenvalue weighted by Crippen LogP contribution is -2.52. The highest BCUT2D eigenvalue weighted by molar-refractivity contribution is 6.07. The molecule has 1 fully saturated rings. The molecule has 2 aromatic rings. The first-order valence-corrected chi connectivity index (χ1v) is 10.1. The van der Waals surface area contributed by atoms with Gasteiger partial charge in [0.1, 0.15) is 0 Å². The number of carbonyl (C=O) groups excluding carboxylic acids is 1. The van der Waals surface area contributed by atoms with Gasteiger partial charge in [0.25, 0.3) is 5.91 Å². The van der Waals surface area contributed by atoms with Gasteiger partial charge in [-0.1, -0.05) is 13.8 Å². The Balaban J connectivity index is 2.17. The van der Waals surface area contributed by atoms with E-state index in [-0.39, 0.29) is 17.0 Å². The van der Waals surface area contributed by atoms with Gasteiger partial charge in [0.2, 0.25) is 0 Å². The van der Waals surface area contributed by atoms with E-state index < -0.39 is 0 Å². The van der Waals surface area contributed by atoms with Gasteiger partial charge in [-0.15, -0.1) is 0 Å². The molecule has 3 N–H and O–H groups in total. The molecule has 0 spiro atoms. The minimum Gasteiger partial charge on any atom is -0.345 e. The third-order valence-electron chi connectivity index (χ3n) is 5.83. The van der Waals surface area contributed by atoms with Crippen LogP contribution in [0.3, 0.4) is 0 Å². The average Bonchev–Trinajstić information content (AvgIpc) is 3.42. The third kappa shape index (κ3) is 3.59. The van der Waals surface area contributed by atoms with E-state index in [2.05, 4.69) is 39.9 Å². The van der Waals surface area contributed by atoms with Crippen LogP contribution in [0.1, 0.15) is 88.0 Å². The molecule has 1 amide bonds. The predicted molar refractivity (Wildman–Crippen MR) is 109 cm³/mol. The van der Waals surface area contributed by atoms with E-state index in [1.165, 1.54) is 0 Å². The topological polar surface area (TPSA) is 85.8 Å². The maximum Gasteiger partial charge on any atom is 0.252 e. The number of aromatic nitrogens is 3. The third-order valence-corrected chi connectivity index (χ3v) is 5.83. The zero-order valence-electron chi connectivity index (χ0n) is 17.5. The van der Waals surface area contributed by atoms with Crippen molar-refractivity contribution < 1.29 is 4.79 Å². The van der Waals surface area contributed by atoms with Gasteiger partial charge < -0.3 is 11.1 Å². The Morgan fingerprint density at radius 3 is 2.41 bits per heavy atom. The van der Waals surface area contributed by atoms with Gasteiger partial charge in [0.05, 0.1) is 27.7 Å². The molecule has 0 radical (unpaired) electrons. The summed E-state index contributed by atoms with van der Waals surface area (Å²) in [5.41, 5.74) is 8.75. The lowest BCUT2D eigenvalue weighted by Gasteiger charge is -2.31. The van der Waals surface area contributed by atoms with Crippen LogP contribution in [0.25, 0.3) is 11.0 Å². The molecule has 1 aliphatic rings. The summed E-state index contributed by atoms with van der Waals surface area (Å²) in [5, 5.41) is 8.80. The molecule has 0 bridgehead atoms. The molecule has 148 valence electrons. The standard InChI is InChI=1S/C21H33N5O/c1-7-21(8-2,12-22)24-19(27)15-11-16(14-9-10-14)23-18-17(15)13(3)25-26(18)20(4,5)6/h11,14H,7-10,12,22H2,1-6H3,(H,24,27). The highest BCUT2D eigenvalue weighted by Gasteiger charge is 2.32. The molecule has 0 aromatic carbocycles. The summed E-state index contributed by atoms with van der Waals surface area (Å²) >= 11 is 0. The van der Waals surface area contributed by atoms with Crippen LogP contribution >= 0.6 is 0 Å². The Morgan fingerprint density at radius 2 is 1.93 bits per heavy atom. The van der Waals surface area contributed by atoms with E-state index in [9.17, 15) is 4.79 Å². The molecule has 6 nitrogen and oxygen atoms in total. The molecule has 0 aliphatic heterocycles. The minimum atomic E-state index is -0.375. The minimum absolute atomic E-state index is 0.0741. The first kappa shape index (κ1) is 19.8. The molecule has 3 rings (SSSR count). The number of nitrogens with two attached hydrogens (primary N) is 1. The van der Waals surface area contributed by atoms with Crippen molar-refractivity contribution >= 4 is 16.9 Å². The monoisotopic (exact) mass is 371 g/mol. The number of pyridine rings is 1. The number of hydrogen-bond donors (Lipinski definition) is 2. The Kier molecular flexibility index (Phi) is 5.06. The van der Waals surface area contributed by atoms with Crippen molar-refractivity contribution in [1.82, 2.24) is 20.1 Å². The molecule has 27 heavy (non-hydrogen) atoms. The molecule has 6 heteroatoms. The van der Waals surface area contributed by atoms with Crippen molar-refractivity contribution in [3.05, 3.63) is 23.0 Å². The quantitative estimate of drug-likeness (QED) is 0.812. The van der Waals surface area contributed by atoms with E-state index in [1.54, 1.807) is 0 Å². The maximum atomic E-state index is 13.3. The summed E-state index contributed by atoms with van der Waals surface area (Å²) in [5.74, 6) is 0.385. The Bertz CT molecular complexity index is 845. The van der Waals surface area contributed by atoms with E-state index in [0.717, 1.165) is 48.1 Å². The SMILES string of the molecule is CCC(CC)(CN)NC(=O)c1cc(C2CC2)nc2c1c(C)nn2C(C)(C)C. The second kappa shape index (κ2) is 6.89. The van der Waals surface area contributed by atoms with Gasteiger partial charge in [-0.05, 0) is 59.4 Å². The second-order valence-corrected chi connectivity index (χ2v) is 8.88. The molecule has 2 heterocycles. The fourth-order valence-electron chi connectivity index (χ4n) is 3.62. The summed E-state index contributed by atoms with van der Waals surface area (Å²) < 4.78 is 1.95. The number of nitrogens with zero attached hydrogens (tertiary/aromatic N) is 3. The number of nitrogens with one attached hydrogen (secondary N) is 1. The van der Waals surface area contributed by atoms with Crippen molar-refractivity contribution in [2.75, 3.05) is 6.54 Å². The lowest BCUT2D eigenvalue weighted by atomic mass is 9.92. The predicted octanol–water partition coefficient (Wildman–Crippen LogP) is 3.62. The summed E-state index contributed by atoms with van der Waals surface area (Å²) in [6.07, 6.45) is 3.88. The number of amides is 1. The van der Waals surface area contributed by atoms with Gasteiger partial charge in [-0.2, -0.15) is 5.10 Å². The fraction of sp³-hybridized carbons (Fsp3) is 0.667. The summed E-state index contributed by atoms with van der Waals surface area (Å²) in [7, 11) is 0. The second-order valence-electron chi connectivity index (χ2n) is 8.88. The average molecular weight is 372 g/mol. The number of hydrogen-bond acceptors (Lipinski definition) is 4. The van der Waals surface area contributed by atoms with Crippen molar-refractivity contribution in [1.29, 1.82) is 0 Å². The molecule has 2 aromatic heterocycles. The Hall–Kier alpha value is -1.95. The van der Waals surface area contributed by atoms with Gasteiger partial charge >= 0.3 is 0 Å². The van der Waals surface area contributed by atoms with Crippen molar-refractivity contribution in [3.63, 3.8) is 0 Å². The number of rotatable bonds is 6. The summed E-state index contributed by atoms with van der Waals surface area (Å²) in [6, 6.07) is 1.98. The smallest absolute Gasteiger partial charge is 0.252 e. The highest BCUT2D eigenvalue weighted by atomic mass is 16.1. The fourth-order valence-corrected chi connectivity index (χ4v) is 3.62. The molecule has 0 unspecified atom stereocenters. The summed E-state index contributed by atoms with van der Waals surface area (Å²) in [6.45, 7) is 12.8. The van der Waals surface area contributed by atoms with Crippen molar-refractivity contribution in [2.24, 2.45) is 5.73 Å². The highest BCUT2D eigenvalue weighted by Crippen LogP contribution is 2.41. The zero-order valence-corrected chi connectivity index (χ0v) is 17.5. The van der Waals surface area contributed by atoms with Gasteiger partial charge in [0.15, 0.2) is 5.65 Å². The molecule has 1 saturated carbocycles. The number of aryl methyl sites for hydroxylation is 1. The van der Waals surface area contributed by atoms with Crippen molar-refractivity contribution in [3.8, 4) is 0 Å². The van der Waals surface area contributed by atoms with Crippen LogP contribution in [0.2, 0.25) is 0 Å². The zero-order chi connectivity index (χ0) is 20.0. The van der Waals surface area contributed by atoms with E-state index in [1.807, 2.05) is 17.7 Å². The Morgan fingerprint density at radius 1 is 1.30 bits per heavy atom. The van der Waals surface area contributed by atoms with Crippen LogP contribution in [0.4, 0.5) is 0 Å². The largest absolute Gasteiger partial charge is 0.345 e. The lowest BCUT2D eigenvalue weighted by molar-refractivity contribution is 0.0896. The van der Waals surface area contributed by atoms with E-state index in [4.69, 9.17) is 15.8 Å². The molecule has 0 atom stereocenters.